The maximum atomic E-state index is 4.43. The maximum absolute atomic E-state index is 4.43. The van der Waals surface area contributed by atoms with Gasteiger partial charge in [-0.15, -0.1) is 0 Å². The smallest absolute Gasteiger partial charge is 0.0531 e. The van der Waals surface area contributed by atoms with Crippen LogP contribution in [0.15, 0.2) is 18.5 Å². The molecule has 2 heterocycles. The maximum Gasteiger partial charge on any atom is 0.0531 e. The number of hydrogen-bond donors (Lipinski definition) is 1. The number of anilines is 1. The van der Waals surface area contributed by atoms with Crippen molar-refractivity contribution in [3.05, 3.63) is 24.0 Å². The molecule has 0 aromatic carbocycles. The number of aromatic nitrogens is 1. The minimum atomic E-state index is 0.159. The lowest BCUT2D eigenvalue weighted by molar-refractivity contribution is 0.133. The summed E-state index contributed by atoms with van der Waals surface area (Å²) in [6.07, 6.45) is 10.7. The summed E-state index contributed by atoms with van der Waals surface area (Å²) in [5.41, 5.74) is 2.65. The first-order chi connectivity index (χ1) is 10.9. The van der Waals surface area contributed by atoms with Crippen molar-refractivity contribution in [2.75, 3.05) is 18.4 Å². The van der Waals surface area contributed by atoms with Gasteiger partial charge in [-0.2, -0.15) is 0 Å². The fourth-order valence-electron chi connectivity index (χ4n) is 4.21. The standard InChI is InChI=1S/C20H33N3/c1-15-6-5-7-19(15)23-10-8-17(9-11-23)22-18-12-16(13-21-14-18)20(2,3)4/h12-15,17,19,22H,5-11H2,1-4H3. The largest absolute Gasteiger partial charge is 0.381 e. The minimum absolute atomic E-state index is 0.159. The molecule has 1 saturated carbocycles. The lowest BCUT2D eigenvalue weighted by Crippen LogP contribution is -2.45. The lowest BCUT2D eigenvalue weighted by Gasteiger charge is -2.38. The molecule has 0 spiro atoms. The van der Waals surface area contributed by atoms with E-state index in [9.17, 15) is 0 Å². The highest BCUT2D eigenvalue weighted by Crippen LogP contribution is 2.32. The van der Waals surface area contributed by atoms with Crippen molar-refractivity contribution < 1.29 is 0 Å². The van der Waals surface area contributed by atoms with Crippen LogP contribution >= 0.6 is 0 Å². The van der Waals surface area contributed by atoms with Crippen LogP contribution in [0.5, 0.6) is 0 Å². The zero-order valence-corrected chi connectivity index (χ0v) is 15.3. The van der Waals surface area contributed by atoms with E-state index in [1.165, 1.54) is 56.4 Å². The zero-order chi connectivity index (χ0) is 16.4. The van der Waals surface area contributed by atoms with E-state index in [1.807, 2.05) is 12.4 Å². The Bertz CT molecular complexity index is 512. The molecular weight excluding hydrogens is 282 g/mol. The number of pyridine rings is 1. The second-order valence-corrected chi connectivity index (χ2v) is 8.64. The Kier molecular flexibility index (Phi) is 4.96. The lowest BCUT2D eigenvalue weighted by atomic mass is 9.88. The molecule has 3 heteroatoms. The Labute approximate surface area is 141 Å². The molecule has 1 aromatic rings. The van der Waals surface area contributed by atoms with Crippen LogP contribution in [0, 0.1) is 5.92 Å². The van der Waals surface area contributed by atoms with Crippen LogP contribution in [0.2, 0.25) is 0 Å². The molecule has 1 aliphatic carbocycles. The molecule has 1 aliphatic heterocycles. The number of rotatable bonds is 3. The normalized spacial score (nSPS) is 27.3. The first kappa shape index (κ1) is 16.8. The predicted molar refractivity (Wildman–Crippen MR) is 98.0 cm³/mol. The van der Waals surface area contributed by atoms with E-state index >= 15 is 0 Å². The molecule has 2 fully saturated rings. The highest BCUT2D eigenvalue weighted by Gasteiger charge is 2.31. The average molecular weight is 316 g/mol. The molecule has 1 saturated heterocycles. The summed E-state index contributed by atoms with van der Waals surface area (Å²) in [7, 11) is 0. The third-order valence-corrected chi connectivity index (χ3v) is 5.79. The van der Waals surface area contributed by atoms with Crippen molar-refractivity contribution in [1.82, 2.24) is 9.88 Å². The fourth-order valence-corrected chi connectivity index (χ4v) is 4.21. The van der Waals surface area contributed by atoms with Crippen molar-refractivity contribution in [2.24, 2.45) is 5.92 Å². The molecule has 2 atom stereocenters. The molecule has 2 unspecified atom stereocenters. The summed E-state index contributed by atoms with van der Waals surface area (Å²) in [4.78, 5) is 7.18. The predicted octanol–water partition coefficient (Wildman–Crippen LogP) is 4.44. The quantitative estimate of drug-likeness (QED) is 0.893. The highest BCUT2D eigenvalue weighted by molar-refractivity contribution is 5.45. The molecule has 0 radical (unpaired) electrons. The zero-order valence-electron chi connectivity index (χ0n) is 15.3. The molecular formula is C20H33N3. The van der Waals surface area contributed by atoms with E-state index in [0.29, 0.717) is 6.04 Å². The number of likely N-dealkylation sites (tertiary alicyclic amines) is 1. The Balaban J connectivity index is 1.55. The van der Waals surface area contributed by atoms with Gasteiger partial charge >= 0.3 is 0 Å². The summed E-state index contributed by atoms with van der Waals surface area (Å²) < 4.78 is 0. The Hall–Kier alpha value is -1.09. The van der Waals surface area contributed by atoms with Crippen molar-refractivity contribution in [2.45, 2.75) is 77.3 Å². The van der Waals surface area contributed by atoms with Crippen LogP contribution in [0.3, 0.4) is 0 Å². The van der Waals surface area contributed by atoms with Crippen LogP contribution in [-0.2, 0) is 5.41 Å². The highest BCUT2D eigenvalue weighted by atomic mass is 15.2. The van der Waals surface area contributed by atoms with Crippen molar-refractivity contribution in [3.63, 3.8) is 0 Å². The van der Waals surface area contributed by atoms with Gasteiger partial charge < -0.3 is 5.32 Å². The van der Waals surface area contributed by atoms with Gasteiger partial charge in [0.2, 0.25) is 0 Å². The fraction of sp³-hybridized carbons (Fsp3) is 0.750. The molecule has 3 nitrogen and oxygen atoms in total. The van der Waals surface area contributed by atoms with Crippen LogP contribution in [0.25, 0.3) is 0 Å². The van der Waals surface area contributed by atoms with Gasteiger partial charge in [0.1, 0.15) is 0 Å². The van der Waals surface area contributed by atoms with E-state index in [0.717, 1.165) is 12.0 Å². The molecule has 3 rings (SSSR count). The van der Waals surface area contributed by atoms with Gasteiger partial charge in [-0.3, -0.25) is 9.88 Å². The van der Waals surface area contributed by atoms with E-state index in [1.54, 1.807) is 0 Å². The van der Waals surface area contributed by atoms with Gasteiger partial charge in [0.15, 0.2) is 0 Å². The molecule has 128 valence electrons. The molecule has 0 bridgehead atoms. The number of hydrogen-bond acceptors (Lipinski definition) is 3. The second kappa shape index (κ2) is 6.80. The van der Waals surface area contributed by atoms with E-state index in [2.05, 4.69) is 49.0 Å². The van der Waals surface area contributed by atoms with Crippen molar-refractivity contribution >= 4 is 5.69 Å². The topological polar surface area (TPSA) is 28.2 Å². The third kappa shape index (κ3) is 4.06. The monoisotopic (exact) mass is 315 g/mol. The number of piperidine rings is 1. The molecule has 2 aliphatic rings. The summed E-state index contributed by atoms with van der Waals surface area (Å²) >= 11 is 0. The SMILES string of the molecule is CC1CCCC1N1CCC(Nc2cncc(C(C)(C)C)c2)CC1. The van der Waals surface area contributed by atoms with Crippen molar-refractivity contribution in [1.29, 1.82) is 0 Å². The first-order valence-electron chi connectivity index (χ1n) is 9.39. The van der Waals surface area contributed by atoms with Gasteiger partial charge in [-0.1, -0.05) is 34.1 Å². The third-order valence-electron chi connectivity index (χ3n) is 5.79. The number of nitrogens with zero attached hydrogens (tertiary/aromatic N) is 2. The van der Waals surface area contributed by atoms with Crippen LogP contribution in [0.4, 0.5) is 5.69 Å². The van der Waals surface area contributed by atoms with Crippen LogP contribution in [-0.4, -0.2) is 35.1 Å². The van der Waals surface area contributed by atoms with Crippen LogP contribution in [0.1, 0.15) is 65.4 Å². The van der Waals surface area contributed by atoms with E-state index in [-0.39, 0.29) is 5.41 Å². The minimum Gasteiger partial charge on any atom is -0.381 e. The molecule has 0 amide bonds. The summed E-state index contributed by atoms with van der Waals surface area (Å²) in [6.45, 7) is 11.7. The first-order valence-corrected chi connectivity index (χ1v) is 9.39. The van der Waals surface area contributed by atoms with Gasteiger partial charge in [-0.05, 0) is 48.6 Å². The summed E-state index contributed by atoms with van der Waals surface area (Å²) in [5.74, 6) is 0.896. The van der Waals surface area contributed by atoms with Gasteiger partial charge in [0, 0.05) is 37.6 Å². The van der Waals surface area contributed by atoms with Gasteiger partial charge in [0.05, 0.1) is 5.69 Å². The van der Waals surface area contributed by atoms with Crippen molar-refractivity contribution in [3.8, 4) is 0 Å². The summed E-state index contributed by atoms with van der Waals surface area (Å²) in [5, 5.41) is 3.73. The average Bonchev–Trinajstić information content (AvgIpc) is 2.94. The van der Waals surface area contributed by atoms with Gasteiger partial charge in [-0.25, -0.2) is 0 Å². The Morgan fingerprint density at radius 2 is 1.83 bits per heavy atom. The van der Waals surface area contributed by atoms with Gasteiger partial charge in [0.25, 0.3) is 0 Å². The molecule has 23 heavy (non-hydrogen) atoms. The van der Waals surface area contributed by atoms with Crippen LogP contribution < -0.4 is 5.32 Å². The molecule has 1 aromatic heterocycles. The van der Waals surface area contributed by atoms with E-state index in [4.69, 9.17) is 0 Å². The number of nitrogens with one attached hydrogen (secondary N) is 1. The second-order valence-electron chi connectivity index (χ2n) is 8.64. The van der Waals surface area contributed by atoms with E-state index < -0.39 is 0 Å². The Morgan fingerprint density at radius 3 is 2.43 bits per heavy atom. The Morgan fingerprint density at radius 1 is 1.09 bits per heavy atom. The summed E-state index contributed by atoms with van der Waals surface area (Å²) in [6, 6.07) is 3.72. The molecule has 1 N–H and O–H groups in total.